The molecule has 0 unspecified atom stereocenters. The van der Waals surface area contributed by atoms with Crippen LogP contribution in [0.5, 0.6) is 0 Å². The number of allylic oxidation sites excluding steroid dienone is 4. The SMILES string of the molecule is Cn1ccn2nc(N3CCC[C@@H](N)C3)c(CC3=CCCC=C3Cl)c2c1=O. The van der Waals surface area contributed by atoms with Crippen LogP contribution < -0.4 is 16.2 Å². The molecule has 1 aliphatic carbocycles. The van der Waals surface area contributed by atoms with Crippen molar-refractivity contribution < 1.29 is 0 Å². The van der Waals surface area contributed by atoms with Crippen LogP contribution in [0.15, 0.2) is 39.9 Å². The van der Waals surface area contributed by atoms with Crippen LogP contribution in [0.2, 0.25) is 0 Å². The minimum Gasteiger partial charge on any atom is -0.353 e. The van der Waals surface area contributed by atoms with Gasteiger partial charge in [-0.1, -0.05) is 23.8 Å². The molecule has 0 radical (unpaired) electrons. The lowest BCUT2D eigenvalue weighted by Gasteiger charge is -2.31. The number of halogens is 1. The largest absolute Gasteiger partial charge is 0.353 e. The van der Waals surface area contributed by atoms with Gasteiger partial charge in [0.15, 0.2) is 5.82 Å². The van der Waals surface area contributed by atoms with Crippen LogP contribution in [0.25, 0.3) is 5.52 Å². The van der Waals surface area contributed by atoms with E-state index in [2.05, 4.69) is 17.1 Å². The Hall–Kier alpha value is -2.05. The van der Waals surface area contributed by atoms with E-state index in [9.17, 15) is 4.79 Å². The predicted molar refractivity (Wildman–Crippen MR) is 105 cm³/mol. The highest BCUT2D eigenvalue weighted by Crippen LogP contribution is 2.31. The molecule has 2 aliphatic rings. The molecule has 2 aromatic heterocycles. The summed E-state index contributed by atoms with van der Waals surface area (Å²) in [5, 5.41) is 5.53. The number of hydrogen-bond acceptors (Lipinski definition) is 4. The molecule has 2 aromatic rings. The monoisotopic (exact) mass is 373 g/mol. The van der Waals surface area contributed by atoms with E-state index in [4.69, 9.17) is 22.4 Å². The minimum absolute atomic E-state index is 0.0425. The molecule has 138 valence electrons. The fourth-order valence-corrected chi connectivity index (χ4v) is 4.11. The zero-order chi connectivity index (χ0) is 18.3. The van der Waals surface area contributed by atoms with Gasteiger partial charge in [-0.2, -0.15) is 0 Å². The van der Waals surface area contributed by atoms with Gasteiger partial charge in [0, 0.05) is 55.6 Å². The van der Waals surface area contributed by atoms with Gasteiger partial charge in [-0.3, -0.25) is 4.79 Å². The molecule has 3 heterocycles. The number of nitrogens with two attached hydrogens (primary N) is 1. The lowest BCUT2D eigenvalue weighted by atomic mass is 9.98. The Bertz CT molecular complexity index is 955. The highest BCUT2D eigenvalue weighted by atomic mass is 35.5. The molecule has 0 amide bonds. The van der Waals surface area contributed by atoms with Crippen molar-refractivity contribution in [2.75, 3.05) is 18.0 Å². The predicted octanol–water partition coefficient (Wildman–Crippen LogP) is 2.35. The first-order valence-corrected chi connectivity index (χ1v) is 9.55. The van der Waals surface area contributed by atoms with Gasteiger partial charge in [0.05, 0.1) is 0 Å². The highest BCUT2D eigenvalue weighted by Gasteiger charge is 2.26. The molecule has 0 saturated carbocycles. The lowest BCUT2D eigenvalue weighted by molar-refractivity contribution is 0.502. The molecule has 1 atom stereocenters. The Morgan fingerprint density at radius 2 is 2.12 bits per heavy atom. The summed E-state index contributed by atoms with van der Waals surface area (Å²) in [6, 6.07) is 0.140. The van der Waals surface area contributed by atoms with E-state index in [0.29, 0.717) is 11.9 Å². The van der Waals surface area contributed by atoms with Crippen molar-refractivity contribution in [3.8, 4) is 0 Å². The van der Waals surface area contributed by atoms with Gasteiger partial charge >= 0.3 is 0 Å². The number of piperidine rings is 1. The standard InChI is InChI=1S/C19H24ClN5O/c1-23-9-10-25-17(19(23)26)15(11-13-5-2-3-7-16(13)20)18(22-25)24-8-4-6-14(21)12-24/h5,7,9-10,14H,2-4,6,8,11-12,21H2,1H3/t14-/m1/s1. The second-order valence-electron chi connectivity index (χ2n) is 7.19. The third-order valence-electron chi connectivity index (χ3n) is 5.25. The summed E-state index contributed by atoms with van der Waals surface area (Å²) < 4.78 is 3.30. The Morgan fingerprint density at radius 3 is 2.88 bits per heavy atom. The number of aromatic nitrogens is 3. The molecule has 1 fully saturated rings. The van der Waals surface area contributed by atoms with Crippen LogP contribution in [0.4, 0.5) is 5.82 Å². The summed E-state index contributed by atoms with van der Waals surface area (Å²) in [5.74, 6) is 0.861. The molecule has 0 aromatic carbocycles. The maximum absolute atomic E-state index is 12.8. The second kappa shape index (κ2) is 6.93. The van der Waals surface area contributed by atoms with Gasteiger partial charge in [0.25, 0.3) is 5.56 Å². The van der Waals surface area contributed by atoms with Crippen molar-refractivity contribution >= 4 is 22.9 Å². The van der Waals surface area contributed by atoms with Gasteiger partial charge in [0.1, 0.15) is 5.52 Å². The molecular weight excluding hydrogens is 350 g/mol. The molecule has 6 nitrogen and oxygen atoms in total. The summed E-state index contributed by atoms with van der Waals surface area (Å²) in [7, 11) is 1.77. The number of aryl methyl sites for hydroxylation is 1. The minimum atomic E-state index is -0.0425. The Kier molecular flexibility index (Phi) is 4.63. The molecule has 2 N–H and O–H groups in total. The van der Waals surface area contributed by atoms with Crippen molar-refractivity contribution in [3.63, 3.8) is 0 Å². The second-order valence-corrected chi connectivity index (χ2v) is 7.60. The molecule has 7 heteroatoms. The Balaban J connectivity index is 1.85. The fraction of sp³-hybridized carbons (Fsp3) is 0.474. The third kappa shape index (κ3) is 3.08. The Labute approximate surface area is 157 Å². The average molecular weight is 374 g/mol. The van der Waals surface area contributed by atoms with Crippen molar-refractivity contribution in [1.29, 1.82) is 0 Å². The van der Waals surface area contributed by atoms with Crippen LogP contribution in [0.1, 0.15) is 31.2 Å². The smallest absolute Gasteiger partial charge is 0.276 e. The maximum Gasteiger partial charge on any atom is 0.276 e. The number of anilines is 1. The fourth-order valence-electron chi connectivity index (χ4n) is 3.85. The molecule has 1 saturated heterocycles. The van der Waals surface area contributed by atoms with Crippen LogP contribution in [0, 0.1) is 0 Å². The van der Waals surface area contributed by atoms with Gasteiger partial charge < -0.3 is 15.2 Å². The van der Waals surface area contributed by atoms with Crippen molar-refractivity contribution in [1.82, 2.24) is 14.2 Å². The number of nitrogens with zero attached hydrogens (tertiary/aromatic N) is 4. The van der Waals surface area contributed by atoms with Crippen molar-refractivity contribution in [3.05, 3.63) is 51.1 Å². The quantitative estimate of drug-likeness (QED) is 0.896. The molecular formula is C19H24ClN5O. The van der Waals surface area contributed by atoms with Crippen molar-refractivity contribution in [2.45, 2.75) is 38.1 Å². The van der Waals surface area contributed by atoms with E-state index in [1.807, 2.05) is 6.20 Å². The molecule has 0 spiro atoms. The summed E-state index contributed by atoms with van der Waals surface area (Å²) in [4.78, 5) is 15.0. The van der Waals surface area contributed by atoms with E-state index in [1.54, 1.807) is 22.3 Å². The zero-order valence-corrected chi connectivity index (χ0v) is 15.7. The van der Waals surface area contributed by atoms with Crippen molar-refractivity contribution in [2.24, 2.45) is 12.8 Å². The van der Waals surface area contributed by atoms with E-state index in [-0.39, 0.29) is 11.6 Å². The molecule has 4 rings (SSSR count). The number of fused-ring (bicyclic) bond motifs is 1. The third-order valence-corrected chi connectivity index (χ3v) is 5.65. The average Bonchev–Trinajstić information content (AvgIpc) is 2.99. The lowest BCUT2D eigenvalue weighted by Crippen LogP contribution is -2.43. The van der Waals surface area contributed by atoms with Gasteiger partial charge in [0.2, 0.25) is 0 Å². The van der Waals surface area contributed by atoms with Crippen LogP contribution >= 0.6 is 11.6 Å². The normalized spacial score (nSPS) is 21.0. The van der Waals surface area contributed by atoms with Gasteiger partial charge in [-0.25, -0.2) is 4.52 Å². The topological polar surface area (TPSA) is 68.6 Å². The van der Waals surface area contributed by atoms with Crippen LogP contribution in [0.3, 0.4) is 0 Å². The molecule has 26 heavy (non-hydrogen) atoms. The van der Waals surface area contributed by atoms with Crippen LogP contribution in [-0.2, 0) is 13.5 Å². The van der Waals surface area contributed by atoms with Gasteiger partial charge in [-0.05, 0) is 31.3 Å². The summed E-state index contributed by atoms with van der Waals surface area (Å²) in [6.45, 7) is 1.67. The number of rotatable bonds is 3. The first-order chi connectivity index (χ1) is 12.5. The van der Waals surface area contributed by atoms with Gasteiger partial charge in [-0.15, -0.1) is 5.10 Å². The van der Waals surface area contributed by atoms with E-state index in [1.165, 1.54) is 0 Å². The summed E-state index contributed by atoms with van der Waals surface area (Å²) in [5.41, 5.74) is 8.78. The van der Waals surface area contributed by atoms with E-state index < -0.39 is 0 Å². The first-order valence-electron chi connectivity index (χ1n) is 9.17. The Morgan fingerprint density at radius 1 is 1.31 bits per heavy atom. The summed E-state index contributed by atoms with van der Waals surface area (Å²) >= 11 is 6.43. The van der Waals surface area contributed by atoms with E-state index in [0.717, 1.165) is 60.8 Å². The highest BCUT2D eigenvalue weighted by molar-refractivity contribution is 6.32. The van der Waals surface area contributed by atoms with Crippen LogP contribution in [-0.4, -0.2) is 33.3 Å². The first kappa shape index (κ1) is 17.4. The molecule has 0 bridgehead atoms. The maximum atomic E-state index is 12.8. The summed E-state index contributed by atoms with van der Waals surface area (Å²) in [6.07, 6.45) is 12.4. The number of hydrogen-bond donors (Lipinski definition) is 1. The zero-order valence-electron chi connectivity index (χ0n) is 15.0. The molecule has 1 aliphatic heterocycles. The van der Waals surface area contributed by atoms with E-state index >= 15 is 0 Å².